The standard InChI is InChI=1S/C8H10O4/c9-3-4-12-8(11)6-1-2-7(10)5-6/h1-2,6,9H,3-5H2. The maximum atomic E-state index is 11.0. The first kappa shape index (κ1) is 8.93. The third-order valence-electron chi connectivity index (χ3n) is 1.57. The summed E-state index contributed by atoms with van der Waals surface area (Å²) in [6, 6.07) is 0. The van der Waals surface area contributed by atoms with Crippen LogP contribution in [-0.4, -0.2) is 30.1 Å². The van der Waals surface area contributed by atoms with Crippen LogP contribution in [0, 0.1) is 5.92 Å². The molecule has 0 amide bonds. The molecule has 1 N–H and O–H groups in total. The number of ether oxygens (including phenoxy) is 1. The second-order valence-electron chi connectivity index (χ2n) is 2.53. The SMILES string of the molecule is O=C1C=CC(C(=O)OCCO)C1. The normalized spacial score (nSPS) is 21.4. The molecule has 0 saturated carbocycles. The highest BCUT2D eigenvalue weighted by atomic mass is 16.5. The largest absolute Gasteiger partial charge is 0.463 e. The fraction of sp³-hybridized carbons (Fsp3) is 0.500. The second kappa shape index (κ2) is 4.01. The molecule has 0 bridgehead atoms. The molecule has 0 radical (unpaired) electrons. The maximum Gasteiger partial charge on any atom is 0.313 e. The lowest BCUT2D eigenvalue weighted by molar-refractivity contribution is -0.148. The van der Waals surface area contributed by atoms with E-state index in [2.05, 4.69) is 4.74 Å². The van der Waals surface area contributed by atoms with Crippen molar-refractivity contribution < 1.29 is 19.4 Å². The van der Waals surface area contributed by atoms with Crippen molar-refractivity contribution in [2.24, 2.45) is 5.92 Å². The Morgan fingerprint density at radius 1 is 1.75 bits per heavy atom. The van der Waals surface area contributed by atoms with Crippen molar-refractivity contribution in [1.82, 2.24) is 0 Å². The quantitative estimate of drug-likeness (QED) is 0.589. The van der Waals surface area contributed by atoms with Crippen LogP contribution in [0.15, 0.2) is 12.2 Å². The molecule has 1 atom stereocenters. The molecule has 1 aliphatic carbocycles. The molecule has 0 aromatic heterocycles. The summed E-state index contributed by atoms with van der Waals surface area (Å²) in [5, 5.41) is 8.35. The lowest BCUT2D eigenvalue weighted by atomic mass is 10.1. The Bertz CT molecular complexity index is 219. The van der Waals surface area contributed by atoms with Gasteiger partial charge in [-0.15, -0.1) is 0 Å². The topological polar surface area (TPSA) is 63.6 Å². The average Bonchev–Trinajstić information content (AvgIpc) is 2.47. The van der Waals surface area contributed by atoms with E-state index in [9.17, 15) is 9.59 Å². The Hall–Kier alpha value is -1.16. The molecule has 0 heterocycles. The Morgan fingerprint density at radius 2 is 2.50 bits per heavy atom. The van der Waals surface area contributed by atoms with E-state index >= 15 is 0 Å². The molecule has 0 aromatic rings. The first-order valence-corrected chi connectivity index (χ1v) is 3.72. The van der Waals surface area contributed by atoms with Crippen molar-refractivity contribution in [1.29, 1.82) is 0 Å². The van der Waals surface area contributed by atoms with Gasteiger partial charge in [-0.1, -0.05) is 6.08 Å². The van der Waals surface area contributed by atoms with Gasteiger partial charge in [-0.2, -0.15) is 0 Å². The summed E-state index contributed by atoms with van der Waals surface area (Å²) in [6.07, 6.45) is 3.11. The second-order valence-corrected chi connectivity index (χ2v) is 2.53. The first-order valence-electron chi connectivity index (χ1n) is 3.72. The summed E-state index contributed by atoms with van der Waals surface area (Å²) in [5.74, 6) is -0.934. The van der Waals surface area contributed by atoms with E-state index in [0.29, 0.717) is 0 Å². The van der Waals surface area contributed by atoms with E-state index in [0.717, 1.165) is 0 Å². The first-order chi connectivity index (χ1) is 5.74. The van der Waals surface area contributed by atoms with E-state index in [1.54, 1.807) is 0 Å². The number of carbonyl (C=O) groups excluding carboxylic acids is 2. The molecule has 1 rings (SSSR count). The molecule has 0 saturated heterocycles. The summed E-state index contributed by atoms with van der Waals surface area (Å²) >= 11 is 0. The molecule has 1 aliphatic rings. The van der Waals surface area contributed by atoms with Crippen LogP contribution in [0.1, 0.15) is 6.42 Å². The van der Waals surface area contributed by atoms with Crippen molar-refractivity contribution in [3.05, 3.63) is 12.2 Å². The van der Waals surface area contributed by atoms with Gasteiger partial charge in [0.15, 0.2) is 5.78 Å². The number of aliphatic hydroxyl groups excluding tert-OH is 1. The fourth-order valence-electron chi connectivity index (χ4n) is 0.991. The van der Waals surface area contributed by atoms with Crippen LogP contribution in [0.25, 0.3) is 0 Å². The van der Waals surface area contributed by atoms with Crippen LogP contribution in [0.4, 0.5) is 0 Å². The highest BCUT2D eigenvalue weighted by molar-refractivity contribution is 5.97. The third-order valence-corrected chi connectivity index (χ3v) is 1.57. The summed E-state index contributed by atoms with van der Waals surface area (Å²) in [5.41, 5.74) is 0. The van der Waals surface area contributed by atoms with Gasteiger partial charge in [0.2, 0.25) is 0 Å². The van der Waals surface area contributed by atoms with Gasteiger partial charge in [-0.25, -0.2) is 0 Å². The number of allylic oxidation sites excluding steroid dienone is 1. The molecular formula is C8H10O4. The smallest absolute Gasteiger partial charge is 0.313 e. The van der Waals surface area contributed by atoms with E-state index < -0.39 is 11.9 Å². The Labute approximate surface area is 69.8 Å². The van der Waals surface area contributed by atoms with Crippen LogP contribution in [0.5, 0.6) is 0 Å². The molecule has 4 nitrogen and oxygen atoms in total. The average molecular weight is 170 g/mol. The molecule has 4 heteroatoms. The molecule has 1 unspecified atom stereocenters. The van der Waals surface area contributed by atoms with Gasteiger partial charge in [-0.05, 0) is 6.08 Å². The van der Waals surface area contributed by atoms with Crippen LogP contribution < -0.4 is 0 Å². The van der Waals surface area contributed by atoms with Gasteiger partial charge in [0.25, 0.3) is 0 Å². The zero-order valence-corrected chi connectivity index (χ0v) is 6.53. The van der Waals surface area contributed by atoms with Gasteiger partial charge in [0.05, 0.1) is 12.5 Å². The molecule has 0 aliphatic heterocycles. The van der Waals surface area contributed by atoms with Gasteiger partial charge in [0.1, 0.15) is 6.61 Å². The number of ketones is 1. The lowest BCUT2D eigenvalue weighted by Gasteiger charge is -2.05. The van der Waals surface area contributed by atoms with E-state index in [1.807, 2.05) is 0 Å². The number of hydrogen-bond acceptors (Lipinski definition) is 4. The number of hydrogen-bond donors (Lipinski definition) is 1. The molecule has 0 aromatic carbocycles. The number of carbonyl (C=O) groups is 2. The van der Waals surface area contributed by atoms with Crippen molar-refractivity contribution in [2.45, 2.75) is 6.42 Å². The Balaban J connectivity index is 2.34. The van der Waals surface area contributed by atoms with Crippen molar-refractivity contribution >= 4 is 11.8 Å². The van der Waals surface area contributed by atoms with E-state index in [1.165, 1.54) is 12.2 Å². The predicted octanol–water partition coefficient (Wildman–Crippen LogP) is -0.333. The molecule has 0 fully saturated rings. The number of aliphatic hydroxyl groups is 1. The summed E-state index contributed by atoms with van der Waals surface area (Å²) in [6.45, 7) is -0.187. The Kier molecular flexibility index (Phi) is 2.99. The minimum absolute atomic E-state index is 0.00262. The number of rotatable bonds is 3. The van der Waals surface area contributed by atoms with Crippen molar-refractivity contribution in [2.75, 3.05) is 13.2 Å². The molecular weight excluding hydrogens is 160 g/mol. The van der Waals surface area contributed by atoms with Crippen molar-refractivity contribution in [3.8, 4) is 0 Å². The molecule has 0 spiro atoms. The zero-order valence-electron chi connectivity index (χ0n) is 6.53. The monoisotopic (exact) mass is 170 g/mol. The minimum Gasteiger partial charge on any atom is -0.463 e. The highest BCUT2D eigenvalue weighted by Gasteiger charge is 2.23. The zero-order chi connectivity index (χ0) is 8.97. The summed E-state index contributed by atoms with van der Waals surface area (Å²) in [7, 11) is 0. The van der Waals surface area contributed by atoms with Crippen LogP contribution in [-0.2, 0) is 14.3 Å². The van der Waals surface area contributed by atoms with Gasteiger partial charge in [-0.3, -0.25) is 9.59 Å². The van der Waals surface area contributed by atoms with E-state index in [-0.39, 0.29) is 25.4 Å². The van der Waals surface area contributed by atoms with Gasteiger partial charge < -0.3 is 9.84 Å². The predicted molar refractivity (Wildman–Crippen MR) is 40.3 cm³/mol. The van der Waals surface area contributed by atoms with Crippen LogP contribution in [0.2, 0.25) is 0 Å². The Morgan fingerprint density at radius 3 is 3.00 bits per heavy atom. The highest BCUT2D eigenvalue weighted by Crippen LogP contribution is 2.15. The summed E-state index contributed by atoms with van der Waals surface area (Å²) in [4.78, 5) is 21.7. The lowest BCUT2D eigenvalue weighted by Crippen LogP contribution is -2.16. The minimum atomic E-state index is -0.441. The van der Waals surface area contributed by atoms with E-state index in [4.69, 9.17) is 5.11 Å². The fourth-order valence-corrected chi connectivity index (χ4v) is 0.991. The van der Waals surface area contributed by atoms with Crippen LogP contribution >= 0.6 is 0 Å². The molecule has 12 heavy (non-hydrogen) atoms. The molecule has 66 valence electrons. The van der Waals surface area contributed by atoms with Gasteiger partial charge in [0, 0.05) is 6.42 Å². The summed E-state index contributed by atoms with van der Waals surface area (Å²) < 4.78 is 4.63. The maximum absolute atomic E-state index is 11.0. The third kappa shape index (κ3) is 2.17. The van der Waals surface area contributed by atoms with Crippen molar-refractivity contribution in [3.63, 3.8) is 0 Å². The van der Waals surface area contributed by atoms with Gasteiger partial charge >= 0.3 is 5.97 Å². The van der Waals surface area contributed by atoms with Crippen LogP contribution in [0.3, 0.4) is 0 Å². The number of esters is 1.